The highest BCUT2D eigenvalue weighted by atomic mass is 16.5. The van der Waals surface area contributed by atoms with Crippen LogP contribution in [0.4, 0.5) is 5.69 Å². The van der Waals surface area contributed by atoms with Gasteiger partial charge in [0.05, 0.1) is 25.5 Å². The summed E-state index contributed by atoms with van der Waals surface area (Å²) in [5, 5.41) is 10.5. The number of ether oxygens (including phenoxy) is 2. The Morgan fingerprint density at radius 2 is 1.53 bits per heavy atom. The van der Waals surface area contributed by atoms with E-state index < -0.39 is 17.6 Å². The van der Waals surface area contributed by atoms with E-state index in [0.29, 0.717) is 22.7 Å². The van der Waals surface area contributed by atoms with E-state index in [9.17, 15) is 14.7 Å². The van der Waals surface area contributed by atoms with Crippen molar-refractivity contribution in [2.24, 2.45) is 0 Å². The Bertz CT molecular complexity index is 1060. The van der Waals surface area contributed by atoms with Crippen LogP contribution in [0.5, 0.6) is 11.5 Å². The molecule has 1 N–H and O–H groups in total. The molecule has 2 aliphatic rings. The van der Waals surface area contributed by atoms with Crippen molar-refractivity contribution < 1.29 is 24.2 Å². The molecule has 0 unspecified atom stereocenters. The van der Waals surface area contributed by atoms with E-state index in [1.807, 2.05) is 12.1 Å². The van der Waals surface area contributed by atoms with E-state index in [0.717, 1.165) is 43.2 Å². The molecule has 1 fully saturated rings. The van der Waals surface area contributed by atoms with Gasteiger partial charge in [-0.25, -0.2) is 4.90 Å². The highest BCUT2D eigenvalue weighted by Gasteiger charge is 2.40. The van der Waals surface area contributed by atoms with Gasteiger partial charge < -0.3 is 19.5 Å². The standard InChI is InChI=1S/C24H27N3O5/c1-25-10-12-26(13-11-25)15-16-4-7-18(8-5-16)27-23(29)21(22(28)24(27)30)17-6-9-19(31-2)20(14-17)32-3/h4-9,14,28H,10-13,15H2,1-3H3. The number of benzene rings is 2. The molecule has 0 aliphatic carbocycles. The number of amides is 2. The molecule has 2 heterocycles. The fourth-order valence-corrected chi connectivity index (χ4v) is 4.02. The average Bonchev–Trinajstić information content (AvgIpc) is 3.03. The van der Waals surface area contributed by atoms with Crippen molar-refractivity contribution in [1.82, 2.24) is 9.80 Å². The van der Waals surface area contributed by atoms with E-state index in [1.165, 1.54) is 14.2 Å². The first-order valence-corrected chi connectivity index (χ1v) is 10.5. The van der Waals surface area contributed by atoms with Crippen LogP contribution in [0.25, 0.3) is 5.57 Å². The van der Waals surface area contributed by atoms with Crippen LogP contribution in [0.2, 0.25) is 0 Å². The first-order valence-electron chi connectivity index (χ1n) is 10.5. The van der Waals surface area contributed by atoms with Crippen molar-refractivity contribution in [3.63, 3.8) is 0 Å². The van der Waals surface area contributed by atoms with Crippen LogP contribution in [0, 0.1) is 0 Å². The second kappa shape index (κ2) is 9.02. The molecule has 32 heavy (non-hydrogen) atoms. The lowest BCUT2D eigenvalue weighted by Crippen LogP contribution is -2.43. The molecule has 0 spiro atoms. The number of nitrogens with zero attached hydrogens (tertiary/aromatic N) is 3. The van der Waals surface area contributed by atoms with Crippen molar-refractivity contribution in [3.8, 4) is 11.5 Å². The lowest BCUT2D eigenvalue weighted by molar-refractivity contribution is -0.121. The molecule has 2 aromatic carbocycles. The monoisotopic (exact) mass is 437 g/mol. The molecule has 0 atom stereocenters. The van der Waals surface area contributed by atoms with Crippen molar-refractivity contribution in [2.45, 2.75) is 6.54 Å². The van der Waals surface area contributed by atoms with Gasteiger partial charge in [0.15, 0.2) is 17.3 Å². The maximum Gasteiger partial charge on any atom is 0.301 e. The number of anilines is 1. The minimum absolute atomic E-state index is 0.0579. The molecule has 4 rings (SSSR count). The van der Waals surface area contributed by atoms with Gasteiger partial charge in [-0.05, 0) is 42.4 Å². The summed E-state index contributed by atoms with van der Waals surface area (Å²) >= 11 is 0. The zero-order chi connectivity index (χ0) is 22.8. The number of carbonyl (C=O) groups is 2. The summed E-state index contributed by atoms with van der Waals surface area (Å²) in [5.41, 5.74) is 1.85. The van der Waals surface area contributed by atoms with Crippen molar-refractivity contribution in [2.75, 3.05) is 52.3 Å². The third kappa shape index (κ3) is 4.06. The van der Waals surface area contributed by atoms with E-state index in [1.54, 1.807) is 30.3 Å². The molecule has 168 valence electrons. The van der Waals surface area contributed by atoms with Crippen LogP contribution < -0.4 is 14.4 Å². The molecule has 0 bridgehead atoms. The van der Waals surface area contributed by atoms with Gasteiger partial charge in [-0.15, -0.1) is 0 Å². The Labute approximate surface area is 187 Å². The fourth-order valence-electron chi connectivity index (χ4n) is 4.02. The zero-order valence-corrected chi connectivity index (χ0v) is 18.5. The van der Waals surface area contributed by atoms with E-state index in [4.69, 9.17) is 9.47 Å². The number of carbonyl (C=O) groups excluding carboxylic acids is 2. The molecule has 2 amide bonds. The maximum absolute atomic E-state index is 13.1. The van der Waals surface area contributed by atoms with E-state index in [2.05, 4.69) is 16.8 Å². The lowest BCUT2D eigenvalue weighted by Gasteiger charge is -2.32. The van der Waals surface area contributed by atoms with Crippen LogP contribution in [-0.2, 0) is 16.1 Å². The summed E-state index contributed by atoms with van der Waals surface area (Å²) in [4.78, 5) is 31.5. The quantitative estimate of drug-likeness (QED) is 0.695. The van der Waals surface area contributed by atoms with Gasteiger partial charge in [0.1, 0.15) is 0 Å². The number of aliphatic hydroxyl groups excluding tert-OH is 1. The van der Waals surface area contributed by atoms with Gasteiger partial charge in [0, 0.05) is 32.7 Å². The molecule has 0 aromatic heterocycles. The Morgan fingerprint density at radius 3 is 2.16 bits per heavy atom. The molecule has 8 heteroatoms. The molecular formula is C24H27N3O5. The summed E-state index contributed by atoms with van der Waals surface area (Å²) in [7, 11) is 5.11. The second-order valence-electron chi connectivity index (χ2n) is 7.98. The van der Waals surface area contributed by atoms with Gasteiger partial charge in [-0.3, -0.25) is 14.5 Å². The van der Waals surface area contributed by atoms with Crippen LogP contribution in [-0.4, -0.2) is 74.2 Å². The summed E-state index contributed by atoms with van der Waals surface area (Å²) in [6, 6.07) is 12.1. The molecule has 0 saturated carbocycles. The van der Waals surface area contributed by atoms with E-state index >= 15 is 0 Å². The predicted octanol–water partition coefficient (Wildman–Crippen LogP) is 2.29. The normalized spacial score (nSPS) is 17.9. The highest BCUT2D eigenvalue weighted by Crippen LogP contribution is 2.36. The third-order valence-electron chi connectivity index (χ3n) is 5.93. The molecule has 0 radical (unpaired) electrons. The van der Waals surface area contributed by atoms with Crippen molar-refractivity contribution in [3.05, 3.63) is 59.4 Å². The van der Waals surface area contributed by atoms with Crippen LogP contribution >= 0.6 is 0 Å². The number of imide groups is 1. The molecular weight excluding hydrogens is 410 g/mol. The maximum atomic E-state index is 13.1. The largest absolute Gasteiger partial charge is 0.502 e. The van der Waals surface area contributed by atoms with Crippen LogP contribution in [0.3, 0.4) is 0 Å². The number of aliphatic hydroxyl groups is 1. The predicted molar refractivity (Wildman–Crippen MR) is 121 cm³/mol. The Balaban J connectivity index is 1.53. The number of hydrogen-bond donors (Lipinski definition) is 1. The topological polar surface area (TPSA) is 82.6 Å². The average molecular weight is 437 g/mol. The first kappa shape index (κ1) is 21.9. The SMILES string of the molecule is COc1ccc(C2=C(O)C(=O)N(c3ccc(CN4CCN(C)CC4)cc3)C2=O)cc1OC. The zero-order valence-electron chi connectivity index (χ0n) is 18.5. The van der Waals surface area contributed by atoms with Crippen molar-refractivity contribution >= 4 is 23.1 Å². The third-order valence-corrected chi connectivity index (χ3v) is 5.93. The summed E-state index contributed by atoms with van der Waals surface area (Å²) < 4.78 is 10.5. The molecule has 2 aromatic rings. The molecule has 2 aliphatic heterocycles. The number of hydrogen-bond acceptors (Lipinski definition) is 7. The van der Waals surface area contributed by atoms with Gasteiger partial charge in [-0.2, -0.15) is 0 Å². The van der Waals surface area contributed by atoms with Gasteiger partial charge in [0.2, 0.25) is 0 Å². The Hall–Kier alpha value is -3.36. The van der Waals surface area contributed by atoms with Crippen molar-refractivity contribution in [1.29, 1.82) is 0 Å². The van der Waals surface area contributed by atoms with Gasteiger partial charge >= 0.3 is 5.91 Å². The molecule has 1 saturated heterocycles. The lowest BCUT2D eigenvalue weighted by atomic mass is 10.0. The highest BCUT2D eigenvalue weighted by molar-refractivity contribution is 6.44. The molecule has 8 nitrogen and oxygen atoms in total. The van der Waals surface area contributed by atoms with Gasteiger partial charge in [0.25, 0.3) is 5.91 Å². The second-order valence-corrected chi connectivity index (χ2v) is 7.98. The Kier molecular flexibility index (Phi) is 6.16. The Morgan fingerprint density at radius 1 is 0.875 bits per heavy atom. The summed E-state index contributed by atoms with van der Waals surface area (Å²) in [6.07, 6.45) is 0. The van der Waals surface area contributed by atoms with Gasteiger partial charge in [-0.1, -0.05) is 18.2 Å². The first-order chi connectivity index (χ1) is 15.4. The number of rotatable bonds is 6. The van der Waals surface area contributed by atoms with Crippen LogP contribution in [0.15, 0.2) is 48.2 Å². The minimum atomic E-state index is -0.744. The summed E-state index contributed by atoms with van der Waals surface area (Å²) in [6.45, 7) is 4.91. The summed E-state index contributed by atoms with van der Waals surface area (Å²) in [5.74, 6) is -1.01. The number of methoxy groups -OCH3 is 2. The fraction of sp³-hybridized carbons (Fsp3) is 0.333. The number of piperazine rings is 1. The minimum Gasteiger partial charge on any atom is -0.502 e. The van der Waals surface area contributed by atoms with Crippen LogP contribution in [0.1, 0.15) is 11.1 Å². The smallest absolute Gasteiger partial charge is 0.301 e. The number of likely N-dealkylation sites (N-methyl/N-ethyl adjacent to an activating group) is 1. The van der Waals surface area contributed by atoms with E-state index in [-0.39, 0.29) is 5.57 Å².